The number of hydrogen-bond acceptors (Lipinski definition) is 2. The second kappa shape index (κ2) is 4.10. The average Bonchev–Trinajstić information content (AvgIpc) is 2.34. The van der Waals surface area contributed by atoms with E-state index in [2.05, 4.69) is 25.7 Å². The summed E-state index contributed by atoms with van der Waals surface area (Å²) < 4.78 is 5.57. The Morgan fingerprint density at radius 1 is 1.75 bits per heavy atom. The number of rotatable bonds is 3. The second-order valence-corrected chi connectivity index (χ2v) is 4.00. The van der Waals surface area contributed by atoms with Crippen LogP contribution in [0.25, 0.3) is 0 Å². The van der Waals surface area contributed by atoms with Crippen LogP contribution in [0.4, 0.5) is 0 Å². The summed E-state index contributed by atoms with van der Waals surface area (Å²) in [5.41, 5.74) is 1.18. The predicted octanol–water partition coefficient (Wildman–Crippen LogP) is 1.70. The third-order valence-corrected chi connectivity index (χ3v) is 2.22. The van der Waals surface area contributed by atoms with Crippen molar-refractivity contribution in [2.45, 2.75) is 33.1 Å². The molecule has 1 aliphatic heterocycles. The third kappa shape index (κ3) is 2.65. The van der Waals surface area contributed by atoms with Crippen molar-refractivity contribution in [3.8, 4) is 0 Å². The van der Waals surface area contributed by atoms with E-state index in [4.69, 9.17) is 4.65 Å². The molecule has 0 radical (unpaired) electrons. The zero-order valence-electron chi connectivity index (χ0n) is 8.26. The van der Waals surface area contributed by atoms with Gasteiger partial charge in [0.15, 0.2) is 0 Å². The lowest BCUT2D eigenvalue weighted by Crippen LogP contribution is -2.37. The van der Waals surface area contributed by atoms with Crippen molar-refractivity contribution in [2.75, 3.05) is 6.61 Å². The van der Waals surface area contributed by atoms with Gasteiger partial charge in [-0.3, -0.25) is 0 Å². The summed E-state index contributed by atoms with van der Waals surface area (Å²) in [6, 6.07) is 0.523. The topological polar surface area (TPSA) is 21.3 Å². The van der Waals surface area contributed by atoms with Gasteiger partial charge >= 0.3 is 7.05 Å². The van der Waals surface area contributed by atoms with Gasteiger partial charge in [0.05, 0.1) is 0 Å². The summed E-state index contributed by atoms with van der Waals surface area (Å²) in [5, 5.41) is 3.44. The quantitative estimate of drug-likeness (QED) is 0.510. The van der Waals surface area contributed by atoms with Crippen molar-refractivity contribution in [2.24, 2.45) is 5.92 Å². The van der Waals surface area contributed by atoms with Gasteiger partial charge in [-0.2, -0.15) is 0 Å². The highest BCUT2D eigenvalue weighted by Crippen LogP contribution is 2.13. The molecule has 0 aromatic carbocycles. The Balaban J connectivity index is 2.30. The van der Waals surface area contributed by atoms with E-state index in [9.17, 15) is 0 Å². The lowest BCUT2D eigenvalue weighted by atomic mass is 9.76. The van der Waals surface area contributed by atoms with Crippen molar-refractivity contribution in [3.05, 3.63) is 12.2 Å². The maximum absolute atomic E-state index is 5.57. The van der Waals surface area contributed by atoms with Crippen LogP contribution in [0.1, 0.15) is 20.8 Å². The molecule has 1 fully saturated rings. The first-order valence-corrected chi connectivity index (χ1v) is 4.61. The highest BCUT2D eigenvalue weighted by Gasteiger charge is 2.30. The van der Waals surface area contributed by atoms with Crippen LogP contribution in [0.15, 0.2) is 12.2 Å². The Hall–Kier alpha value is -0.275. The summed E-state index contributed by atoms with van der Waals surface area (Å²) >= 11 is 0. The van der Waals surface area contributed by atoms with Gasteiger partial charge in [-0.05, 0) is 19.2 Å². The molecule has 0 spiro atoms. The van der Waals surface area contributed by atoms with Gasteiger partial charge in [0, 0.05) is 12.6 Å². The van der Waals surface area contributed by atoms with Crippen LogP contribution < -0.4 is 5.23 Å². The van der Waals surface area contributed by atoms with E-state index in [-0.39, 0.29) is 7.05 Å². The first-order chi connectivity index (χ1) is 5.59. The van der Waals surface area contributed by atoms with Crippen molar-refractivity contribution in [1.29, 1.82) is 0 Å². The monoisotopic (exact) mass is 167 g/mol. The van der Waals surface area contributed by atoms with E-state index in [1.807, 2.05) is 6.92 Å². The van der Waals surface area contributed by atoms with Crippen LogP contribution in [-0.4, -0.2) is 19.7 Å². The van der Waals surface area contributed by atoms with E-state index >= 15 is 0 Å². The molecule has 1 saturated heterocycles. The smallest absolute Gasteiger partial charge is 0.384 e. The molecule has 0 bridgehead atoms. The van der Waals surface area contributed by atoms with Crippen LogP contribution in [0.2, 0.25) is 6.32 Å². The molecule has 12 heavy (non-hydrogen) atoms. The maximum Gasteiger partial charge on any atom is 0.384 e. The zero-order chi connectivity index (χ0) is 9.14. The molecule has 0 aromatic heterocycles. The van der Waals surface area contributed by atoms with Crippen molar-refractivity contribution in [3.63, 3.8) is 0 Å². The molecule has 0 aromatic rings. The summed E-state index contributed by atoms with van der Waals surface area (Å²) in [4.78, 5) is 0. The van der Waals surface area contributed by atoms with E-state index in [1.54, 1.807) is 0 Å². The second-order valence-electron chi connectivity index (χ2n) is 4.00. The van der Waals surface area contributed by atoms with E-state index in [0.29, 0.717) is 12.0 Å². The molecule has 0 amide bonds. The lowest BCUT2D eigenvalue weighted by molar-refractivity contribution is 0.309. The summed E-state index contributed by atoms with van der Waals surface area (Å²) in [6.45, 7) is 11.2. The van der Waals surface area contributed by atoms with Crippen LogP contribution >= 0.6 is 0 Å². The molecule has 1 rings (SSSR count). The first-order valence-electron chi connectivity index (χ1n) is 4.61. The minimum absolute atomic E-state index is 0.204. The van der Waals surface area contributed by atoms with Crippen molar-refractivity contribution >= 4 is 7.05 Å². The van der Waals surface area contributed by atoms with Gasteiger partial charge < -0.3 is 9.88 Å². The fraction of sp³-hybridized carbons (Fsp3) is 0.778. The molecule has 1 unspecified atom stereocenters. The summed E-state index contributed by atoms with van der Waals surface area (Å²) in [7, 11) is 0.204. The third-order valence-electron chi connectivity index (χ3n) is 2.22. The lowest BCUT2D eigenvalue weighted by Gasteiger charge is -2.13. The van der Waals surface area contributed by atoms with Gasteiger partial charge in [-0.15, -0.1) is 6.58 Å². The number of nitrogens with one attached hydrogen (secondary N) is 1. The number of allylic oxidation sites excluding steroid dienone is 1. The van der Waals surface area contributed by atoms with E-state index < -0.39 is 0 Å². The molecule has 1 atom stereocenters. The normalized spacial score (nSPS) is 23.7. The van der Waals surface area contributed by atoms with Crippen LogP contribution in [-0.2, 0) is 4.65 Å². The highest BCUT2D eigenvalue weighted by molar-refractivity contribution is 6.50. The fourth-order valence-corrected chi connectivity index (χ4v) is 1.37. The predicted molar refractivity (Wildman–Crippen MR) is 53.1 cm³/mol. The fourth-order valence-electron chi connectivity index (χ4n) is 1.37. The summed E-state index contributed by atoms with van der Waals surface area (Å²) in [6.07, 6.45) is 0.934. The Bertz CT molecular complexity index is 170. The zero-order valence-corrected chi connectivity index (χ0v) is 8.26. The van der Waals surface area contributed by atoms with Gasteiger partial charge in [0.1, 0.15) is 0 Å². The number of hydrogen-bond donors (Lipinski definition) is 1. The largest absolute Gasteiger partial charge is 0.420 e. The average molecular weight is 167 g/mol. The molecular formula is C9H18BNO. The Morgan fingerprint density at radius 3 is 2.83 bits per heavy atom. The molecular weight excluding hydrogens is 149 g/mol. The van der Waals surface area contributed by atoms with Crippen LogP contribution in [0, 0.1) is 5.92 Å². The van der Waals surface area contributed by atoms with Crippen LogP contribution in [0.5, 0.6) is 0 Å². The molecule has 1 N–H and O–H groups in total. The standard InChI is InChI=1S/C9H18BNO/c1-7(2)5-10-11-9(6-12-10)8(3)4/h8-9,11H,1,5-6H2,2-4H3. The Kier molecular flexibility index (Phi) is 3.35. The van der Waals surface area contributed by atoms with Gasteiger partial charge in [-0.25, -0.2) is 0 Å². The minimum atomic E-state index is 0.204. The van der Waals surface area contributed by atoms with Crippen molar-refractivity contribution < 1.29 is 4.65 Å². The summed E-state index contributed by atoms with van der Waals surface area (Å²) in [5.74, 6) is 0.653. The van der Waals surface area contributed by atoms with Crippen molar-refractivity contribution in [1.82, 2.24) is 5.23 Å². The maximum atomic E-state index is 5.57. The Labute approximate surface area is 75.5 Å². The molecule has 3 heteroatoms. The molecule has 0 aliphatic carbocycles. The molecule has 0 saturated carbocycles. The van der Waals surface area contributed by atoms with Gasteiger partial charge in [0.2, 0.25) is 0 Å². The molecule has 68 valence electrons. The van der Waals surface area contributed by atoms with Gasteiger partial charge in [-0.1, -0.05) is 19.4 Å². The SMILES string of the molecule is C=C(C)CB1NC(C(C)C)CO1. The highest BCUT2D eigenvalue weighted by atomic mass is 16.5. The minimum Gasteiger partial charge on any atom is -0.420 e. The van der Waals surface area contributed by atoms with Gasteiger partial charge in [0.25, 0.3) is 0 Å². The van der Waals surface area contributed by atoms with E-state index in [0.717, 1.165) is 12.9 Å². The molecule has 1 aliphatic rings. The van der Waals surface area contributed by atoms with E-state index in [1.165, 1.54) is 5.57 Å². The Morgan fingerprint density at radius 2 is 2.42 bits per heavy atom. The first kappa shape index (κ1) is 9.81. The molecule has 2 nitrogen and oxygen atoms in total. The van der Waals surface area contributed by atoms with Crippen LogP contribution in [0.3, 0.4) is 0 Å². The molecule has 1 heterocycles.